The smallest absolute Gasteiger partial charge is 0.233 e. The molecule has 8 heteroatoms. The van der Waals surface area contributed by atoms with Gasteiger partial charge in [-0.15, -0.1) is 0 Å². The van der Waals surface area contributed by atoms with Crippen LogP contribution in [0.25, 0.3) is 0 Å². The maximum absolute atomic E-state index is 11.4. The molecule has 0 aliphatic rings. The molecule has 1 amide bonds. The molecule has 1 aromatic rings. The lowest BCUT2D eigenvalue weighted by Crippen LogP contribution is -2.29. The van der Waals surface area contributed by atoms with Crippen LogP contribution in [0.4, 0.5) is 0 Å². The van der Waals surface area contributed by atoms with Crippen molar-refractivity contribution in [2.24, 2.45) is 0 Å². The Labute approximate surface area is 117 Å². The summed E-state index contributed by atoms with van der Waals surface area (Å²) in [5.41, 5.74) is 2.54. The lowest BCUT2D eigenvalue weighted by molar-refractivity contribution is -0.119. The highest BCUT2D eigenvalue weighted by molar-refractivity contribution is 7.98. The van der Waals surface area contributed by atoms with E-state index in [-0.39, 0.29) is 6.42 Å². The molecule has 0 radical (unpaired) electrons. The molecule has 0 atom stereocenters. The van der Waals surface area contributed by atoms with Crippen molar-refractivity contribution >= 4 is 27.7 Å². The first-order valence-electron chi connectivity index (χ1n) is 5.61. The molecule has 0 saturated heterocycles. The number of aromatic nitrogens is 2. The van der Waals surface area contributed by atoms with E-state index in [1.807, 2.05) is 24.8 Å². The Balaban J connectivity index is 2.76. The lowest BCUT2D eigenvalue weighted by atomic mass is 10.1. The molecular formula is C11H17N3O3S2. The van der Waals surface area contributed by atoms with E-state index >= 15 is 0 Å². The number of sulfonamides is 1. The summed E-state index contributed by atoms with van der Waals surface area (Å²) in [4.78, 5) is 20.1. The van der Waals surface area contributed by atoms with Gasteiger partial charge in [0.25, 0.3) is 0 Å². The van der Waals surface area contributed by atoms with Crippen molar-refractivity contribution in [1.82, 2.24) is 14.7 Å². The van der Waals surface area contributed by atoms with Crippen LogP contribution in [-0.2, 0) is 21.2 Å². The van der Waals surface area contributed by atoms with Gasteiger partial charge in [0.05, 0.1) is 6.26 Å². The van der Waals surface area contributed by atoms with Gasteiger partial charge in [0, 0.05) is 17.8 Å². The van der Waals surface area contributed by atoms with Crippen LogP contribution in [0, 0.1) is 13.8 Å². The van der Waals surface area contributed by atoms with Gasteiger partial charge >= 0.3 is 0 Å². The normalized spacial score (nSPS) is 11.4. The number of hydrogen-bond acceptors (Lipinski definition) is 6. The minimum absolute atomic E-state index is 0.0940. The van der Waals surface area contributed by atoms with Crippen molar-refractivity contribution in [3.05, 3.63) is 17.0 Å². The van der Waals surface area contributed by atoms with E-state index in [0.717, 1.165) is 23.2 Å². The van der Waals surface area contributed by atoms with Crippen LogP contribution in [0.1, 0.15) is 23.4 Å². The summed E-state index contributed by atoms with van der Waals surface area (Å²) in [7, 11) is -3.49. The third kappa shape index (κ3) is 5.15. The largest absolute Gasteiger partial charge is 0.274 e. The fourth-order valence-electron chi connectivity index (χ4n) is 1.66. The number of nitrogens with one attached hydrogen (secondary N) is 1. The molecule has 1 N–H and O–H groups in total. The summed E-state index contributed by atoms with van der Waals surface area (Å²) in [6.07, 6.45) is 3.37. The first-order chi connectivity index (χ1) is 8.73. The number of rotatable bonds is 5. The first kappa shape index (κ1) is 15.9. The van der Waals surface area contributed by atoms with Crippen LogP contribution in [-0.4, -0.2) is 36.8 Å². The van der Waals surface area contributed by atoms with Gasteiger partial charge in [0.1, 0.15) is 0 Å². The fourth-order valence-corrected chi connectivity index (χ4v) is 2.63. The van der Waals surface area contributed by atoms with Gasteiger partial charge in [0.15, 0.2) is 5.16 Å². The minimum Gasteiger partial charge on any atom is -0.274 e. The van der Waals surface area contributed by atoms with Crippen molar-refractivity contribution in [3.63, 3.8) is 0 Å². The summed E-state index contributed by atoms with van der Waals surface area (Å²) < 4.78 is 23.8. The Morgan fingerprint density at radius 3 is 2.21 bits per heavy atom. The molecule has 0 aliphatic carbocycles. The highest BCUT2D eigenvalue weighted by atomic mass is 32.2. The maximum Gasteiger partial charge on any atom is 0.233 e. The van der Waals surface area contributed by atoms with E-state index < -0.39 is 15.9 Å². The number of aryl methyl sites for hydroxylation is 2. The Morgan fingerprint density at radius 2 is 1.79 bits per heavy atom. The lowest BCUT2D eigenvalue weighted by Gasteiger charge is -2.09. The van der Waals surface area contributed by atoms with Gasteiger partial charge in [-0.25, -0.2) is 18.4 Å². The number of nitrogens with zero attached hydrogens (tertiary/aromatic N) is 2. The number of amides is 1. The van der Waals surface area contributed by atoms with Crippen LogP contribution < -0.4 is 4.72 Å². The zero-order valence-electron chi connectivity index (χ0n) is 11.3. The van der Waals surface area contributed by atoms with Crippen molar-refractivity contribution in [2.75, 3.05) is 12.5 Å². The predicted octanol–water partition coefficient (Wildman–Crippen LogP) is 0.824. The van der Waals surface area contributed by atoms with Crippen LogP contribution in [0.5, 0.6) is 0 Å². The standard InChI is InChI=1S/C11H17N3O3S2/c1-7-9(8(2)13-11(12-7)18-3)5-6-10(15)14-19(4,16)17/h5-6H2,1-4H3,(H,14,15). The molecule has 0 unspecified atom stereocenters. The zero-order valence-corrected chi connectivity index (χ0v) is 13.0. The molecule has 6 nitrogen and oxygen atoms in total. The second-order valence-corrected chi connectivity index (χ2v) is 6.68. The van der Waals surface area contributed by atoms with Crippen LogP contribution >= 0.6 is 11.8 Å². The second-order valence-electron chi connectivity index (χ2n) is 4.16. The monoisotopic (exact) mass is 303 g/mol. The van der Waals surface area contributed by atoms with Crippen molar-refractivity contribution in [2.45, 2.75) is 31.8 Å². The van der Waals surface area contributed by atoms with Gasteiger partial charge in [-0.2, -0.15) is 0 Å². The third-order valence-corrected chi connectivity index (χ3v) is 3.63. The maximum atomic E-state index is 11.4. The Morgan fingerprint density at radius 1 is 1.26 bits per heavy atom. The van der Waals surface area contributed by atoms with E-state index in [4.69, 9.17) is 0 Å². The minimum atomic E-state index is -3.49. The molecule has 1 heterocycles. The second kappa shape index (κ2) is 6.33. The van der Waals surface area contributed by atoms with E-state index in [1.165, 1.54) is 11.8 Å². The van der Waals surface area contributed by atoms with E-state index in [0.29, 0.717) is 11.6 Å². The summed E-state index contributed by atoms with van der Waals surface area (Å²) >= 11 is 1.46. The van der Waals surface area contributed by atoms with Crippen molar-refractivity contribution in [3.8, 4) is 0 Å². The van der Waals surface area contributed by atoms with Crippen LogP contribution in [0.3, 0.4) is 0 Å². The molecule has 0 fully saturated rings. The number of hydrogen-bond donors (Lipinski definition) is 1. The molecule has 1 rings (SSSR count). The predicted molar refractivity (Wildman–Crippen MR) is 74.6 cm³/mol. The summed E-state index contributed by atoms with van der Waals surface area (Å²) in [5, 5.41) is 0.694. The van der Waals surface area contributed by atoms with E-state index in [1.54, 1.807) is 0 Å². The number of carbonyl (C=O) groups excluding carboxylic acids is 1. The first-order valence-corrected chi connectivity index (χ1v) is 8.73. The highest BCUT2D eigenvalue weighted by Crippen LogP contribution is 2.16. The van der Waals surface area contributed by atoms with Gasteiger partial charge in [-0.1, -0.05) is 11.8 Å². The number of thioether (sulfide) groups is 1. The highest BCUT2D eigenvalue weighted by Gasteiger charge is 2.12. The Kier molecular flexibility index (Phi) is 5.30. The van der Waals surface area contributed by atoms with Gasteiger partial charge in [-0.05, 0) is 32.1 Å². The van der Waals surface area contributed by atoms with E-state index in [9.17, 15) is 13.2 Å². The fraction of sp³-hybridized carbons (Fsp3) is 0.545. The van der Waals surface area contributed by atoms with Gasteiger partial charge in [0.2, 0.25) is 15.9 Å². The Hall–Kier alpha value is -1.15. The summed E-state index contributed by atoms with van der Waals surface area (Å²) in [5.74, 6) is -0.518. The summed E-state index contributed by atoms with van der Waals surface area (Å²) in [6.45, 7) is 3.72. The molecule has 0 saturated carbocycles. The average molecular weight is 303 g/mol. The van der Waals surface area contributed by atoms with Crippen molar-refractivity contribution < 1.29 is 13.2 Å². The SMILES string of the molecule is CSc1nc(C)c(CCC(=O)NS(C)(=O)=O)c(C)n1. The molecule has 106 valence electrons. The van der Waals surface area contributed by atoms with Crippen molar-refractivity contribution in [1.29, 1.82) is 0 Å². The van der Waals surface area contributed by atoms with E-state index in [2.05, 4.69) is 9.97 Å². The molecule has 1 aromatic heterocycles. The third-order valence-electron chi connectivity index (χ3n) is 2.48. The summed E-state index contributed by atoms with van der Waals surface area (Å²) in [6, 6.07) is 0. The molecule has 0 bridgehead atoms. The van der Waals surface area contributed by atoms with Crippen LogP contribution in [0.15, 0.2) is 5.16 Å². The molecule has 0 aromatic carbocycles. The quantitative estimate of drug-likeness (QED) is 0.640. The van der Waals surface area contributed by atoms with Gasteiger partial charge in [-0.3, -0.25) is 9.52 Å². The molecular weight excluding hydrogens is 286 g/mol. The topological polar surface area (TPSA) is 89.0 Å². The zero-order chi connectivity index (χ0) is 14.6. The number of carbonyl (C=O) groups is 1. The molecule has 0 aliphatic heterocycles. The Bertz CT molecular complexity index is 562. The van der Waals surface area contributed by atoms with Crippen LogP contribution in [0.2, 0.25) is 0 Å². The molecule has 0 spiro atoms. The van der Waals surface area contributed by atoms with Gasteiger partial charge < -0.3 is 0 Å². The molecule has 19 heavy (non-hydrogen) atoms. The average Bonchev–Trinajstić information content (AvgIpc) is 2.25.